The zero-order valence-electron chi connectivity index (χ0n) is 16.1. The Morgan fingerprint density at radius 2 is 1.89 bits per heavy atom. The summed E-state index contributed by atoms with van der Waals surface area (Å²) in [4.78, 5) is 19.4. The van der Waals surface area contributed by atoms with Crippen LogP contribution in [0.5, 0.6) is 5.75 Å². The molecule has 1 atom stereocenters. The molecule has 1 N–H and O–H groups in total. The lowest BCUT2D eigenvalue weighted by molar-refractivity contribution is -0.0254. The number of ether oxygens (including phenoxy) is 1. The van der Waals surface area contributed by atoms with E-state index in [1.807, 2.05) is 18.2 Å². The quantitative estimate of drug-likeness (QED) is 0.885. The molecule has 5 rings (SSSR count). The van der Waals surface area contributed by atoms with Crippen molar-refractivity contribution in [1.29, 1.82) is 0 Å². The number of nitrogens with zero attached hydrogens (tertiary/aromatic N) is 2. The summed E-state index contributed by atoms with van der Waals surface area (Å²) in [6.07, 6.45) is 8.99. The van der Waals surface area contributed by atoms with Crippen LogP contribution in [0.1, 0.15) is 54.1 Å². The number of hydrogen-bond donors (Lipinski definition) is 1. The van der Waals surface area contributed by atoms with E-state index in [0.29, 0.717) is 5.56 Å². The first-order valence-electron chi connectivity index (χ1n) is 10.4. The third-order valence-corrected chi connectivity index (χ3v) is 6.43. The molecule has 2 fully saturated rings. The fraction of sp³-hybridized carbons (Fsp3) is 0.478. The van der Waals surface area contributed by atoms with Gasteiger partial charge in [-0.1, -0.05) is 18.2 Å². The van der Waals surface area contributed by atoms with Crippen LogP contribution in [0.25, 0.3) is 0 Å². The lowest BCUT2D eigenvalue weighted by Gasteiger charge is -2.47. The molecular formula is C23H27N3O2. The SMILES string of the molecule is O=C(N[C@@H]1CC2(CCN(CC3CC3)CC2)Oc2ccccc21)c1ccncc1. The number of hydrogen-bond acceptors (Lipinski definition) is 4. The van der Waals surface area contributed by atoms with Crippen LogP contribution in [0.15, 0.2) is 48.8 Å². The Kier molecular flexibility index (Phi) is 4.55. The maximum Gasteiger partial charge on any atom is 0.251 e. The van der Waals surface area contributed by atoms with Gasteiger partial charge in [0.15, 0.2) is 0 Å². The van der Waals surface area contributed by atoms with Crippen LogP contribution in [0.2, 0.25) is 0 Å². The number of nitrogens with one attached hydrogen (secondary N) is 1. The van der Waals surface area contributed by atoms with Crippen molar-refractivity contribution in [3.05, 3.63) is 59.9 Å². The number of likely N-dealkylation sites (tertiary alicyclic amines) is 1. The molecule has 2 aliphatic heterocycles. The lowest BCUT2D eigenvalue weighted by atomic mass is 9.80. The number of pyridine rings is 1. The maximum atomic E-state index is 12.8. The zero-order chi connectivity index (χ0) is 19.0. The molecule has 3 heterocycles. The number of piperidine rings is 1. The second-order valence-electron chi connectivity index (χ2n) is 8.53. The topological polar surface area (TPSA) is 54.5 Å². The minimum Gasteiger partial charge on any atom is -0.487 e. The molecular weight excluding hydrogens is 350 g/mol. The fourth-order valence-corrected chi connectivity index (χ4v) is 4.61. The zero-order valence-corrected chi connectivity index (χ0v) is 16.1. The molecule has 0 unspecified atom stereocenters. The van der Waals surface area contributed by atoms with E-state index in [4.69, 9.17) is 4.74 Å². The van der Waals surface area contributed by atoms with Crippen LogP contribution >= 0.6 is 0 Å². The molecule has 146 valence electrons. The second kappa shape index (κ2) is 7.21. The van der Waals surface area contributed by atoms with Crippen molar-refractivity contribution in [2.24, 2.45) is 5.92 Å². The van der Waals surface area contributed by atoms with Crippen LogP contribution in [0.3, 0.4) is 0 Å². The molecule has 1 aromatic carbocycles. The highest BCUT2D eigenvalue weighted by molar-refractivity contribution is 5.94. The number of aromatic nitrogens is 1. The van der Waals surface area contributed by atoms with Gasteiger partial charge in [0.2, 0.25) is 0 Å². The summed E-state index contributed by atoms with van der Waals surface area (Å²) >= 11 is 0. The van der Waals surface area contributed by atoms with Gasteiger partial charge >= 0.3 is 0 Å². The third kappa shape index (κ3) is 3.63. The number of rotatable bonds is 4. The predicted molar refractivity (Wildman–Crippen MR) is 107 cm³/mol. The van der Waals surface area contributed by atoms with Crippen molar-refractivity contribution in [1.82, 2.24) is 15.2 Å². The summed E-state index contributed by atoms with van der Waals surface area (Å²) in [6.45, 7) is 3.42. The van der Waals surface area contributed by atoms with Crippen LogP contribution in [-0.4, -0.2) is 41.0 Å². The van der Waals surface area contributed by atoms with Crippen molar-refractivity contribution in [2.45, 2.75) is 43.7 Å². The minimum absolute atomic E-state index is 0.0272. The van der Waals surface area contributed by atoms with Crippen LogP contribution < -0.4 is 10.1 Å². The van der Waals surface area contributed by atoms with Crippen molar-refractivity contribution in [3.63, 3.8) is 0 Å². The third-order valence-electron chi connectivity index (χ3n) is 6.43. The smallest absolute Gasteiger partial charge is 0.251 e. The second-order valence-corrected chi connectivity index (χ2v) is 8.53. The van der Waals surface area contributed by atoms with Gasteiger partial charge in [0, 0.05) is 49.6 Å². The average molecular weight is 377 g/mol. The van der Waals surface area contributed by atoms with E-state index in [-0.39, 0.29) is 17.6 Å². The molecule has 1 amide bonds. The number of carbonyl (C=O) groups is 1. The highest BCUT2D eigenvalue weighted by Gasteiger charge is 2.44. The molecule has 1 saturated heterocycles. The van der Waals surface area contributed by atoms with Crippen LogP contribution in [0, 0.1) is 5.92 Å². The van der Waals surface area contributed by atoms with E-state index >= 15 is 0 Å². The van der Waals surface area contributed by atoms with Gasteiger partial charge in [-0.05, 0) is 49.8 Å². The molecule has 0 bridgehead atoms. The normalized spacial score (nSPS) is 23.6. The van der Waals surface area contributed by atoms with Crippen LogP contribution in [0.4, 0.5) is 0 Å². The van der Waals surface area contributed by atoms with Gasteiger partial charge in [-0.2, -0.15) is 0 Å². The van der Waals surface area contributed by atoms with Crippen molar-refractivity contribution < 1.29 is 9.53 Å². The Bertz CT molecular complexity index is 842. The van der Waals surface area contributed by atoms with E-state index in [2.05, 4.69) is 21.3 Å². The fourth-order valence-electron chi connectivity index (χ4n) is 4.61. The van der Waals surface area contributed by atoms with Crippen LogP contribution in [-0.2, 0) is 0 Å². The Hall–Kier alpha value is -2.40. The molecule has 1 aliphatic carbocycles. The molecule has 5 nitrogen and oxygen atoms in total. The summed E-state index contributed by atoms with van der Waals surface area (Å²) in [5.41, 5.74) is 1.55. The molecule has 1 saturated carbocycles. The van der Waals surface area contributed by atoms with E-state index in [1.54, 1.807) is 24.5 Å². The Balaban J connectivity index is 1.34. The van der Waals surface area contributed by atoms with Gasteiger partial charge < -0.3 is 15.0 Å². The monoisotopic (exact) mass is 377 g/mol. The molecule has 1 aromatic heterocycles. The lowest BCUT2D eigenvalue weighted by Crippen LogP contribution is -2.52. The molecule has 3 aliphatic rings. The molecule has 5 heteroatoms. The first-order valence-corrected chi connectivity index (χ1v) is 10.4. The van der Waals surface area contributed by atoms with Gasteiger partial charge in [0.1, 0.15) is 11.4 Å². The van der Waals surface area contributed by atoms with Crippen molar-refractivity contribution in [2.75, 3.05) is 19.6 Å². The summed E-state index contributed by atoms with van der Waals surface area (Å²) in [6, 6.07) is 11.6. The van der Waals surface area contributed by atoms with Crippen molar-refractivity contribution >= 4 is 5.91 Å². The maximum absolute atomic E-state index is 12.8. The standard InChI is InChI=1S/C23H27N3O2/c27-22(18-7-11-24-12-8-18)25-20-15-23(28-21-4-2-1-3-19(20)21)9-13-26(14-10-23)16-17-5-6-17/h1-4,7-8,11-12,17,20H,5-6,9-10,13-16H2,(H,25,27)/t20-/m1/s1. The first-order chi connectivity index (χ1) is 13.7. The van der Waals surface area contributed by atoms with E-state index < -0.39 is 0 Å². The van der Waals surface area contributed by atoms with Gasteiger partial charge in [-0.25, -0.2) is 0 Å². The molecule has 1 spiro atoms. The first kappa shape index (κ1) is 17.7. The highest BCUT2D eigenvalue weighted by atomic mass is 16.5. The molecule has 0 radical (unpaired) electrons. The summed E-state index contributed by atoms with van der Waals surface area (Å²) in [7, 11) is 0. The average Bonchev–Trinajstić information content (AvgIpc) is 3.55. The van der Waals surface area contributed by atoms with E-state index in [1.165, 1.54) is 19.4 Å². The Morgan fingerprint density at radius 1 is 1.14 bits per heavy atom. The van der Waals surface area contributed by atoms with Gasteiger partial charge in [0.25, 0.3) is 5.91 Å². The number of para-hydroxylation sites is 1. The van der Waals surface area contributed by atoms with Crippen molar-refractivity contribution in [3.8, 4) is 5.75 Å². The largest absolute Gasteiger partial charge is 0.487 e. The summed E-state index contributed by atoms with van der Waals surface area (Å²) in [5, 5.41) is 3.26. The Labute approximate surface area is 166 Å². The van der Waals surface area contributed by atoms with E-state index in [9.17, 15) is 4.79 Å². The summed E-state index contributed by atoms with van der Waals surface area (Å²) < 4.78 is 6.56. The minimum atomic E-state index is -0.176. The highest BCUT2D eigenvalue weighted by Crippen LogP contribution is 2.44. The predicted octanol–water partition coefficient (Wildman–Crippen LogP) is 3.58. The summed E-state index contributed by atoms with van der Waals surface area (Å²) in [5.74, 6) is 1.80. The van der Waals surface area contributed by atoms with Gasteiger partial charge in [-0.3, -0.25) is 9.78 Å². The van der Waals surface area contributed by atoms with E-state index in [0.717, 1.165) is 49.6 Å². The number of benzene rings is 1. The van der Waals surface area contributed by atoms with Gasteiger partial charge in [0.05, 0.1) is 6.04 Å². The number of amides is 1. The molecule has 28 heavy (non-hydrogen) atoms. The number of fused-ring (bicyclic) bond motifs is 1. The molecule has 2 aromatic rings. The number of carbonyl (C=O) groups excluding carboxylic acids is 1. The van der Waals surface area contributed by atoms with Gasteiger partial charge in [-0.15, -0.1) is 0 Å². The Morgan fingerprint density at radius 3 is 2.64 bits per heavy atom.